The molecule has 0 bridgehead atoms. The van der Waals surface area contributed by atoms with Gasteiger partial charge in [-0.1, -0.05) is 12.1 Å². The summed E-state index contributed by atoms with van der Waals surface area (Å²) in [5, 5.41) is 6.22. The zero-order valence-corrected chi connectivity index (χ0v) is 14.6. The van der Waals surface area contributed by atoms with E-state index in [2.05, 4.69) is 20.5 Å². The van der Waals surface area contributed by atoms with Crippen molar-refractivity contribution in [2.24, 2.45) is 10.4 Å². The molecule has 3 rings (SSSR count). The number of likely N-dealkylation sites (tertiary alicyclic amines) is 1. The molecule has 0 saturated carbocycles. The highest BCUT2D eigenvalue weighted by atomic mass is 19.1. The Morgan fingerprint density at radius 2 is 2.32 bits per heavy atom. The molecule has 25 heavy (non-hydrogen) atoms. The lowest BCUT2D eigenvalue weighted by molar-refractivity contribution is -0.119. The number of rotatable bonds is 4. The molecule has 0 radical (unpaired) electrons. The molecule has 136 valence electrons. The fourth-order valence-corrected chi connectivity index (χ4v) is 3.65. The van der Waals surface area contributed by atoms with Gasteiger partial charge in [0.2, 0.25) is 5.91 Å². The number of ether oxygens (including phenoxy) is 1. The molecule has 0 aliphatic carbocycles. The molecule has 0 aromatic heterocycles. The van der Waals surface area contributed by atoms with Gasteiger partial charge >= 0.3 is 0 Å². The lowest BCUT2D eigenvalue weighted by atomic mass is 9.79. The van der Waals surface area contributed by atoms with Crippen molar-refractivity contribution in [2.75, 3.05) is 39.8 Å². The van der Waals surface area contributed by atoms with Crippen molar-refractivity contribution < 1.29 is 13.9 Å². The summed E-state index contributed by atoms with van der Waals surface area (Å²) in [5.41, 5.74) is 0.0244. The van der Waals surface area contributed by atoms with Crippen molar-refractivity contribution in [1.82, 2.24) is 15.5 Å². The summed E-state index contributed by atoms with van der Waals surface area (Å²) in [6.45, 7) is 3.36. The summed E-state index contributed by atoms with van der Waals surface area (Å²) in [4.78, 5) is 18.2. The van der Waals surface area contributed by atoms with Gasteiger partial charge in [-0.25, -0.2) is 4.39 Å². The average molecular weight is 348 g/mol. The van der Waals surface area contributed by atoms with E-state index in [1.807, 2.05) is 0 Å². The number of halogens is 1. The van der Waals surface area contributed by atoms with Crippen molar-refractivity contribution in [3.8, 4) is 5.75 Å². The third kappa shape index (κ3) is 4.21. The van der Waals surface area contributed by atoms with Crippen molar-refractivity contribution in [1.29, 1.82) is 0 Å². The van der Waals surface area contributed by atoms with E-state index < -0.39 is 0 Å². The minimum absolute atomic E-state index is 0.0244. The number of para-hydroxylation sites is 1. The number of hydrogen-bond acceptors (Lipinski definition) is 3. The van der Waals surface area contributed by atoms with Crippen LogP contribution < -0.4 is 15.4 Å². The van der Waals surface area contributed by atoms with Crippen molar-refractivity contribution in [3.05, 3.63) is 30.1 Å². The van der Waals surface area contributed by atoms with Crippen molar-refractivity contribution in [2.45, 2.75) is 19.3 Å². The first-order valence-electron chi connectivity index (χ1n) is 8.72. The van der Waals surface area contributed by atoms with Crippen LogP contribution in [0, 0.1) is 11.2 Å². The second-order valence-electron chi connectivity index (χ2n) is 6.73. The lowest BCUT2D eigenvalue weighted by Crippen LogP contribution is -2.51. The molecule has 2 N–H and O–H groups in total. The van der Waals surface area contributed by atoms with E-state index in [0.717, 1.165) is 38.4 Å². The molecule has 1 atom stereocenters. The maximum atomic E-state index is 13.5. The maximum Gasteiger partial charge on any atom is 0.220 e. The summed E-state index contributed by atoms with van der Waals surface area (Å²) in [6, 6.07) is 6.38. The smallest absolute Gasteiger partial charge is 0.220 e. The number of nitrogens with one attached hydrogen (secondary N) is 2. The number of carbonyl (C=O) groups is 1. The summed E-state index contributed by atoms with van der Waals surface area (Å²) in [7, 11) is 1.75. The van der Waals surface area contributed by atoms with Crippen LogP contribution in [0.4, 0.5) is 4.39 Å². The second kappa shape index (κ2) is 7.72. The molecule has 6 nitrogen and oxygen atoms in total. The first-order chi connectivity index (χ1) is 12.1. The molecule has 1 aromatic carbocycles. The Morgan fingerprint density at radius 3 is 3.04 bits per heavy atom. The number of piperidine rings is 1. The van der Waals surface area contributed by atoms with E-state index in [1.54, 1.807) is 25.2 Å². The van der Waals surface area contributed by atoms with Gasteiger partial charge in [0.05, 0.1) is 6.54 Å². The van der Waals surface area contributed by atoms with Gasteiger partial charge in [-0.2, -0.15) is 0 Å². The maximum absolute atomic E-state index is 13.5. The molecule has 1 amide bonds. The van der Waals surface area contributed by atoms with Gasteiger partial charge < -0.3 is 20.3 Å². The van der Waals surface area contributed by atoms with Crippen LogP contribution in [0.3, 0.4) is 0 Å². The van der Waals surface area contributed by atoms with Crippen LogP contribution in [-0.2, 0) is 4.79 Å². The summed E-state index contributed by atoms with van der Waals surface area (Å²) in [6.07, 6.45) is 2.70. The fourth-order valence-electron chi connectivity index (χ4n) is 3.65. The third-order valence-electron chi connectivity index (χ3n) is 4.85. The molecule has 2 aliphatic rings. The number of benzene rings is 1. The van der Waals surface area contributed by atoms with E-state index in [-0.39, 0.29) is 22.9 Å². The zero-order chi connectivity index (χ0) is 17.7. The van der Waals surface area contributed by atoms with E-state index >= 15 is 0 Å². The Bertz CT molecular complexity index is 652. The highest BCUT2D eigenvalue weighted by Crippen LogP contribution is 2.35. The minimum atomic E-state index is -0.358. The number of nitrogens with zero attached hydrogens (tertiary/aromatic N) is 2. The van der Waals surface area contributed by atoms with E-state index in [9.17, 15) is 9.18 Å². The summed E-state index contributed by atoms with van der Waals surface area (Å²) < 4.78 is 19.0. The molecule has 2 saturated heterocycles. The van der Waals surface area contributed by atoms with Crippen LogP contribution in [0.1, 0.15) is 19.3 Å². The normalized spacial score (nSPS) is 23.7. The van der Waals surface area contributed by atoms with E-state index in [4.69, 9.17) is 4.74 Å². The summed E-state index contributed by atoms with van der Waals surface area (Å²) in [5.74, 6) is 0.841. The van der Waals surface area contributed by atoms with Gasteiger partial charge in [0.15, 0.2) is 17.5 Å². The second-order valence-corrected chi connectivity index (χ2v) is 6.73. The van der Waals surface area contributed by atoms with Crippen LogP contribution in [0.5, 0.6) is 5.75 Å². The van der Waals surface area contributed by atoms with Gasteiger partial charge in [-0.3, -0.25) is 9.79 Å². The molecule has 2 heterocycles. The van der Waals surface area contributed by atoms with Crippen molar-refractivity contribution in [3.63, 3.8) is 0 Å². The minimum Gasteiger partial charge on any atom is -0.489 e. The Labute approximate surface area is 147 Å². The predicted octanol–water partition coefficient (Wildman–Crippen LogP) is 1.38. The fraction of sp³-hybridized carbons (Fsp3) is 0.556. The Morgan fingerprint density at radius 1 is 1.48 bits per heavy atom. The predicted molar refractivity (Wildman–Crippen MR) is 94.1 cm³/mol. The molecule has 1 spiro atoms. The quantitative estimate of drug-likeness (QED) is 0.490. The lowest BCUT2D eigenvalue weighted by Gasteiger charge is -2.40. The average Bonchev–Trinajstić information content (AvgIpc) is 2.96. The summed E-state index contributed by atoms with van der Waals surface area (Å²) >= 11 is 0. The number of guanidine groups is 1. The first kappa shape index (κ1) is 17.5. The zero-order valence-electron chi connectivity index (χ0n) is 14.6. The van der Waals surface area contributed by atoms with Gasteiger partial charge in [0, 0.05) is 38.5 Å². The molecule has 2 fully saturated rings. The standard InChI is InChI=1S/C18H25FN4O2/c1-20-17(21-8-10-25-15-6-3-2-5-14(15)19)23-9-4-7-18(13-23)11-16(24)22-12-18/h2-3,5-6H,4,7-13H2,1H3,(H,20,21)(H,22,24). The monoisotopic (exact) mass is 348 g/mol. The van der Waals surface area contributed by atoms with Crippen LogP contribution in [0.15, 0.2) is 29.3 Å². The molecular weight excluding hydrogens is 323 g/mol. The van der Waals surface area contributed by atoms with Crippen LogP contribution in [-0.4, -0.2) is 56.6 Å². The Kier molecular flexibility index (Phi) is 5.40. The van der Waals surface area contributed by atoms with E-state index in [1.165, 1.54) is 6.07 Å². The number of amides is 1. The molecular formula is C18H25FN4O2. The van der Waals surface area contributed by atoms with Gasteiger partial charge in [0.1, 0.15) is 6.61 Å². The number of carbonyl (C=O) groups excluding carboxylic acids is 1. The number of aliphatic imine (C=N–C) groups is 1. The SMILES string of the molecule is CN=C(NCCOc1ccccc1F)N1CCCC2(CNC(=O)C2)C1. The van der Waals surface area contributed by atoms with Crippen molar-refractivity contribution >= 4 is 11.9 Å². The number of hydrogen-bond donors (Lipinski definition) is 2. The van der Waals surface area contributed by atoms with Gasteiger partial charge in [-0.05, 0) is 25.0 Å². The molecule has 1 aromatic rings. The molecule has 7 heteroatoms. The van der Waals surface area contributed by atoms with Crippen LogP contribution in [0.2, 0.25) is 0 Å². The van der Waals surface area contributed by atoms with E-state index in [0.29, 0.717) is 19.6 Å². The molecule has 1 unspecified atom stereocenters. The third-order valence-corrected chi connectivity index (χ3v) is 4.85. The first-order valence-corrected chi connectivity index (χ1v) is 8.72. The van der Waals surface area contributed by atoms with Crippen LogP contribution >= 0.6 is 0 Å². The topological polar surface area (TPSA) is 66.0 Å². The Hall–Kier alpha value is -2.31. The van der Waals surface area contributed by atoms with Gasteiger partial charge in [-0.15, -0.1) is 0 Å². The highest BCUT2D eigenvalue weighted by Gasteiger charge is 2.42. The highest BCUT2D eigenvalue weighted by molar-refractivity contribution is 5.81. The Balaban J connectivity index is 1.49. The van der Waals surface area contributed by atoms with Crippen LogP contribution in [0.25, 0.3) is 0 Å². The van der Waals surface area contributed by atoms with Gasteiger partial charge in [0.25, 0.3) is 0 Å². The largest absolute Gasteiger partial charge is 0.489 e. The molecule has 2 aliphatic heterocycles.